The molecule has 6 nitrogen and oxygen atoms in total. The third kappa shape index (κ3) is 4.37. The molecule has 0 spiro atoms. The molecule has 0 aliphatic rings. The lowest BCUT2D eigenvalue weighted by Crippen LogP contribution is -2.33. The topological polar surface area (TPSA) is 80.9 Å². The first-order chi connectivity index (χ1) is 10.2. The van der Waals surface area contributed by atoms with Crippen LogP contribution >= 0.6 is 0 Å². The minimum absolute atomic E-state index is 0.0207. The summed E-state index contributed by atoms with van der Waals surface area (Å²) in [4.78, 5) is 20.0. The van der Waals surface area contributed by atoms with Gasteiger partial charge in [-0.05, 0) is 25.0 Å². The van der Waals surface area contributed by atoms with Gasteiger partial charge in [-0.15, -0.1) is 0 Å². The third-order valence-corrected chi connectivity index (χ3v) is 3.32. The number of aryl methyl sites for hydroxylation is 1. The van der Waals surface area contributed by atoms with Crippen LogP contribution in [0.25, 0.3) is 11.4 Å². The van der Waals surface area contributed by atoms with Gasteiger partial charge in [0.05, 0.1) is 0 Å². The summed E-state index contributed by atoms with van der Waals surface area (Å²) in [6.07, 6.45) is 6.03. The highest BCUT2D eigenvalue weighted by Crippen LogP contribution is 2.14. The Morgan fingerprint density at radius 2 is 2.00 bits per heavy atom. The second kappa shape index (κ2) is 7.52. The second-order valence-corrected chi connectivity index (χ2v) is 4.83. The van der Waals surface area contributed by atoms with Crippen molar-refractivity contribution < 1.29 is 9.32 Å². The molecule has 112 valence electrons. The molecule has 0 aliphatic heterocycles. The van der Waals surface area contributed by atoms with Crippen LogP contribution in [0.3, 0.4) is 0 Å². The van der Waals surface area contributed by atoms with Gasteiger partial charge in [0.1, 0.15) is 0 Å². The number of aromatic nitrogens is 3. The molecule has 0 saturated heterocycles. The summed E-state index contributed by atoms with van der Waals surface area (Å²) in [7, 11) is 0. The number of hydrogen-bond donors (Lipinski definition) is 1. The van der Waals surface area contributed by atoms with Gasteiger partial charge < -0.3 is 9.84 Å². The van der Waals surface area contributed by atoms with E-state index < -0.39 is 0 Å². The Balaban J connectivity index is 1.87. The lowest BCUT2D eigenvalue weighted by molar-refractivity contribution is -0.121. The van der Waals surface area contributed by atoms with Crippen molar-refractivity contribution in [3.63, 3.8) is 0 Å². The number of rotatable bonds is 7. The van der Waals surface area contributed by atoms with Crippen LogP contribution in [-0.2, 0) is 11.2 Å². The number of nitrogens with one attached hydrogen (secondary N) is 1. The van der Waals surface area contributed by atoms with Crippen LogP contribution in [0.5, 0.6) is 0 Å². The van der Waals surface area contributed by atoms with Gasteiger partial charge in [0.15, 0.2) is 0 Å². The van der Waals surface area contributed by atoms with Crippen LogP contribution in [0.2, 0.25) is 0 Å². The van der Waals surface area contributed by atoms with E-state index in [9.17, 15) is 4.79 Å². The Hall–Kier alpha value is -2.24. The van der Waals surface area contributed by atoms with Crippen molar-refractivity contribution in [1.82, 2.24) is 20.4 Å². The zero-order valence-electron chi connectivity index (χ0n) is 12.4. The van der Waals surface area contributed by atoms with Crippen molar-refractivity contribution in [2.75, 3.05) is 0 Å². The molecule has 0 aliphatic carbocycles. The third-order valence-electron chi connectivity index (χ3n) is 3.32. The average molecular weight is 288 g/mol. The fourth-order valence-electron chi connectivity index (χ4n) is 1.99. The van der Waals surface area contributed by atoms with Crippen molar-refractivity contribution in [3.05, 3.63) is 30.4 Å². The quantitative estimate of drug-likeness (QED) is 0.846. The maximum absolute atomic E-state index is 11.8. The van der Waals surface area contributed by atoms with Gasteiger partial charge in [0.2, 0.25) is 17.6 Å². The van der Waals surface area contributed by atoms with E-state index in [1.54, 1.807) is 12.4 Å². The number of carbonyl (C=O) groups is 1. The fraction of sp³-hybridized carbons (Fsp3) is 0.467. The second-order valence-electron chi connectivity index (χ2n) is 4.83. The normalized spacial score (nSPS) is 10.8. The van der Waals surface area contributed by atoms with E-state index in [1.807, 2.05) is 12.1 Å². The summed E-state index contributed by atoms with van der Waals surface area (Å²) in [5.41, 5.74) is 0.849. The van der Waals surface area contributed by atoms with Gasteiger partial charge in [-0.3, -0.25) is 9.78 Å². The molecule has 2 rings (SSSR count). The molecule has 6 heteroatoms. The smallest absolute Gasteiger partial charge is 0.227 e. The molecule has 2 aromatic rings. The van der Waals surface area contributed by atoms with Crippen molar-refractivity contribution in [2.45, 2.75) is 45.6 Å². The van der Waals surface area contributed by atoms with Crippen LogP contribution in [0.1, 0.15) is 39.0 Å². The zero-order valence-corrected chi connectivity index (χ0v) is 12.4. The lowest BCUT2D eigenvalue weighted by Gasteiger charge is -2.13. The Bertz CT molecular complexity index is 564. The number of amides is 1. The maximum atomic E-state index is 11.8. The highest BCUT2D eigenvalue weighted by Gasteiger charge is 2.12. The standard InChI is InChI=1S/C15H20N4O2/c1-3-12(4-2)17-13(20)5-6-14-18-15(19-21-14)11-7-9-16-10-8-11/h7-10,12H,3-6H2,1-2H3,(H,17,20). The summed E-state index contributed by atoms with van der Waals surface area (Å²) in [6, 6.07) is 3.87. The molecule has 0 saturated carbocycles. The molecular formula is C15H20N4O2. The Kier molecular flexibility index (Phi) is 5.43. The SMILES string of the molecule is CCC(CC)NC(=O)CCc1nc(-c2ccncc2)no1. The molecule has 0 radical (unpaired) electrons. The first-order valence-electron chi connectivity index (χ1n) is 7.25. The molecule has 21 heavy (non-hydrogen) atoms. The largest absolute Gasteiger partial charge is 0.353 e. The van der Waals surface area contributed by atoms with E-state index in [1.165, 1.54) is 0 Å². The Morgan fingerprint density at radius 1 is 1.29 bits per heavy atom. The highest BCUT2D eigenvalue weighted by molar-refractivity contribution is 5.76. The van der Waals surface area contributed by atoms with Crippen LogP contribution in [-0.4, -0.2) is 27.1 Å². The minimum Gasteiger partial charge on any atom is -0.353 e. The summed E-state index contributed by atoms with van der Waals surface area (Å²) >= 11 is 0. The van der Waals surface area contributed by atoms with Crippen molar-refractivity contribution in [1.29, 1.82) is 0 Å². The van der Waals surface area contributed by atoms with Crippen LogP contribution in [0.15, 0.2) is 29.0 Å². The van der Waals surface area contributed by atoms with Crippen molar-refractivity contribution in [2.24, 2.45) is 0 Å². The average Bonchev–Trinajstić information content (AvgIpc) is 3.00. The summed E-state index contributed by atoms with van der Waals surface area (Å²) in [5, 5.41) is 6.90. The van der Waals surface area contributed by atoms with Gasteiger partial charge >= 0.3 is 0 Å². The predicted molar refractivity (Wildman–Crippen MR) is 78.4 cm³/mol. The van der Waals surface area contributed by atoms with Crippen LogP contribution < -0.4 is 5.32 Å². The first kappa shape index (κ1) is 15.2. The van der Waals surface area contributed by atoms with E-state index in [2.05, 4.69) is 34.3 Å². The number of hydrogen-bond acceptors (Lipinski definition) is 5. The van der Waals surface area contributed by atoms with E-state index in [0.717, 1.165) is 18.4 Å². The summed E-state index contributed by atoms with van der Waals surface area (Å²) in [6.45, 7) is 4.13. The molecule has 1 amide bonds. The molecule has 0 fully saturated rings. The van der Waals surface area contributed by atoms with E-state index in [0.29, 0.717) is 24.6 Å². The van der Waals surface area contributed by atoms with Gasteiger partial charge in [0, 0.05) is 36.8 Å². The number of nitrogens with zero attached hydrogens (tertiary/aromatic N) is 3. The van der Waals surface area contributed by atoms with E-state index in [4.69, 9.17) is 4.52 Å². The highest BCUT2D eigenvalue weighted by atomic mass is 16.5. The van der Waals surface area contributed by atoms with Crippen molar-refractivity contribution >= 4 is 5.91 Å². The molecular weight excluding hydrogens is 268 g/mol. The minimum atomic E-state index is 0.0207. The molecule has 1 N–H and O–H groups in total. The lowest BCUT2D eigenvalue weighted by atomic mass is 10.1. The van der Waals surface area contributed by atoms with Gasteiger partial charge in [-0.1, -0.05) is 19.0 Å². The summed E-state index contributed by atoms with van der Waals surface area (Å²) < 4.78 is 5.17. The molecule has 0 aromatic carbocycles. The molecule has 0 bridgehead atoms. The number of pyridine rings is 1. The monoisotopic (exact) mass is 288 g/mol. The Labute approximate surface area is 124 Å². The predicted octanol–water partition coefficient (Wildman–Crippen LogP) is 2.37. The summed E-state index contributed by atoms with van der Waals surface area (Å²) in [5.74, 6) is 1.02. The molecule has 2 aromatic heterocycles. The molecule has 2 heterocycles. The van der Waals surface area contributed by atoms with Crippen molar-refractivity contribution in [3.8, 4) is 11.4 Å². The molecule has 0 atom stereocenters. The van der Waals surface area contributed by atoms with E-state index in [-0.39, 0.29) is 11.9 Å². The molecule has 0 unspecified atom stereocenters. The first-order valence-corrected chi connectivity index (χ1v) is 7.25. The Morgan fingerprint density at radius 3 is 2.67 bits per heavy atom. The van der Waals surface area contributed by atoms with Crippen LogP contribution in [0.4, 0.5) is 0 Å². The van der Waals surface area contributed by atoms with Crippen LogP contribution in [0, 0.1) is 0 Å². The zero-order chi connectivity index (χ0) is 15.1. The van der Waals surface area contributed by atoms with Gasteiger partial charge in [0.25, 0.3) is 0 Å². The van der Waals surface area contributed by atoms with Gasteiger partial charge in [-0.2, -0.15) is 4.98 Å². The maximum Gasteiger partial charge on any atom is 0.227 e. The fourth-order valence-corrected chi connectivity index (χ4v) is 1.99. The van der Waals surface area contributed by atoms with Gasteiger partial charge in [-0.25, -0.2) is 0 Å². The number of carbonyl (C=O) groups excluding carboxylic acids is 1. The van der Waals surface area contributed by atoms with E-state index >= 15 is 0 Å².